The lowest BCUT2D eigenvalue weighted by Crippen LogP contribution is -2.04. The van der Waals surface area contributed by atoms with Crippen molar-refractivity contribution in [1.29, 1.82) is 0 Å². The van der Waals surface area contributed by atoms with Crippen molar-refractivity contribution in [2.75, 3.05) is 0 Å². The summed E-state index contributed by atoms with van der Waals surface area (Å²) in [4.78, 5) is 4.81. The minimum atomic E-state index is 0.808. The van der Waals surface area contributed by atoms with Gasteiger partial charge in [0, 0.05) is 29.0 Å². The molecule has 0 atom stereocenters. The van der Waals surface area contributed by atoms with Crippen molar-refractivity contribution in [3.8, 4) is 11.6 Å². The van der Waals surface area contributed by atoms with Crippen molar-refractivity contribution in [2.24, 2.45) is 0 Å². The van der Waals surface area contributed by atoms with Gasteiger partial charge in [0.2, 0.25) is 0 Å². The van der Waals surface area contributed by atoms with Crippen LogP contribution in [-0.4, -0.2) is 19.3 Å². The molecule has 0 fully saturated rings. The number of fused-ring (bicyclic) bond motifs is 1. The highest BCUT2D eigenvalue weighted by Crippen LogP contribution is 2.29. The van der Waals surface area contributed by atoms with E-state index in [-0.39, 0.29) is 0 Å². The van der Waals surface area contributed by atoms with E-state index in [1.807, 2.05) is 37.4 Å². The molecule has 4 rings (SSSR count). The van der Waals surface area contributed by atoms with E-state index in [1.165, 1.54) is 16.6 Å². The van der Waals surface area contributed by atoms with Crippen LogP contribution in [0.25, 0.3) is 28.6 Å². The Kier molecular flexibility index (Phi) is 3.50. The first-order valence-corrected chi connectivity index (χ1v) is 8.00. The fourth-order valence-corrected chi connectivity index (χ4v) is 3.13. The molecule has 0 amide bonds. The van der Waals surface area contributed by atoms with Gasteiger partial charge in [-0.2, -0.15) is 5.10 Å². The molecule has 1 aromatic carbocycles. The number of rotatable bonds is 3. The number of aromatic nitrogens is 4. The molecule has 3 aromatic heterocycles. The highest BCUT2D eigenvalue weighted by Gasteiger charge is 2.14. The fourth-order valence-electron chi connectivity index (χ4n) is 3.13. The molecule has 0 aliphatic rings. The van der Waals surface area contributed by atoms with Gasteiger partial charge in [-0.15, -0.1) is 0 Å². The van der Waals surface area contributed by atoms with Crippen LogP contribution in [0.4, 0.5) is 0 Å². The quantitative estimate of drug-likeness (QED) is 0.556. The molecule has 0 radical (unpaired) electrons. The minimum Gasteiger partial charge on any atom is -0.298 e. The maximum Gasteiger partial charge on any atom is 0.155 e. The first-order chi connectivity index (χ1) is 11.8. The second-order valence-electron chi connectivity index (χ2n) is 5.66. The summed E-state index contributed by atoms with van der Waals surface area (Å²) >= 11 is 0. The van der Waals surface area contributed by atoms with Crippen molar-refractivity contribution in [3.05, 3.63) is 78.3 Å². The second kappa shape index (κ2) is 5.81. The number of allylic oxidation sites excluding steroid dienone is 1. The van der Waals surface area contributed by atoms with Crippen molar-refractivity contribution in [2.45, 2.75) is 13.8 Å². The normalized spacial score (nSPS) is 11.6. The topological polar surface area (TPSA) is 35.6 Å². The highest BCUT2D eigenvalue weighted by molar-refractivity contribution is 5.92. The van der Waals surface area contributed by atoms with E-state index in [4.69, 9.17) is 4.98 Å². The smallest absolute Gasteiger partial charge is 0.155 e. The SMILES string of the molecule is C/C=C\c1c(C)n(-c2cccc(-n3cccn3)n2)c2ccccc12. The highest BCUT2D eigenvalue weighted by atomic mass is 15.3. The molecule has 0 unspecified atom stereocenters. The van der Waals surface area contributed by atoms with E-state index >= 15 is 0 Å². The van der Waals surface area contributed by atoms with Crippen LogP contribution in [0.2, 0.25) is 0 Å². The first kappa shape index (κ1) is 14.5. The zero-order chi connectivity index (χ0) is 16.5. The van der Waals surface area contributed by atoms with E-state index in [1.54, 1.807) is 10.9 Å². The summed E-state index contributed by atoms with van der Waals surface area (Å²) in [6.07, 6.45) is 7.89. The Morgan fingerprint density at radius 2 is 1.79 bits per heavy atom. The summed E-state index contributed by atoms with van der Waals surface area (Å²) in [6.45, 7) is 4.18. The van der Waals surface area contributed by atoms with Gasteiger partial charge in [-0.3, -0.25) is 4.57 Å². The number of hydrogen-bond donors (Lipinski definition) is 0. The van der Waals surface area contributed by atoms with Crippen LogP contribution in [0.3, 0.4) is 0 Å². The lowest BCUT2D eigenvalue weighted by atomic mass is 10.1. The maximum absolute atomic E-state index is 4.81. The molecular weight excluding hydrogens is 296 g/mol. The number of pyridine rings is 1. The zero-order valence-corrected chi connectivity index (χ0v) is 13.7. The van der Waals surface area contributed by atoms with Gasteiger partial charge in [0.1, 0.15) is 5.82 Å². The summed E-state index contributed by atoms with van der Waals surface area (Å²) in [6, 6.07) is 16.3. The lowest BCUT2D eigenvalue weighted by Gasteiger charge is -2.09. The third kappa shape index (κ3) is 2.24. The number of hydrogen-bond acceptors (Lipinski definition) is 2. The molecule has 118 valence electrons. The molecule has 0 aliphatic heterocycles. The average molecular weight is 314 g/mol. The number of para-hydroxylation sites is 1. The Labute approximate surface area is 140 Å². The maximum atomic E-state index is 4.81. The van der Waals surface area contributed by atoms with E-state index in [9.17, 15) is 0 Å². The average Bonchev–Trinajstić information content (AvgIpc) is 3.23. The third-order valence-corrected chi connectivity index (χ3v) is 4.18. The third-order valence-electron chi connectivity index (χ3n) is 4.18. The van der Waals surface area contributed by atoms with Crippen LogP contribution >= 0.6 is 0 Å². The van der Waals surface area contributed by atoms with E-state index < -0.39 is 0 Å². The summed E-state index contributed by atoms with van der Waals surface area (Å²) < 4.78 is 3.98. The van der Waals surface area contributed by atoms with Crippen molar-refractivity contribution in [1.82, 2.24) is 19.3 Å². The Hall–Kier alpha value is -3.14. The largest absolute Gasteiger partial charge is 0.298 e. The van der Waals surface area contributed by atoms with Gasteiger partial charge < -0.3 is 0 Å². The number of benzene rings is 1. The first-order valence-electron chi connectivity index (χ1n) is 8.00. The van der Waals surface area contributed by atoms with Crippen LogP contribution in [-0.2, 0) is 0 Å². The molecule has 0 saturated heterocycles. The molecule has 0 N–H and O–H groups in total. The zero-order valence-electron chi connectivity index (χ0n) is 13.7. The van der Waals surface area contributed by atoms with Crippen LogP contribution in [0.5, 0.6) is 0 Å². The van der Waals surface area contributed by atoms with E-state index in [0.717, 1.165) is 17.2 Å². The van der Waals surface area contributed by atoms with Gasteiger partial charge in [0.15, 0.2) is 5.82 Å². The molecule has 4 nitrogen and oxygen atoms in total. The summed E-state index contributed by atoms with van der Waals surface area (Å²) in [5.41, 5.74) is 3.58. The fraction of sp³-hybridized carbons (Fsp3) is 0.100. The second-order valence-corrected chi connectivity index (χ2v) is 5.66. The van der Waals surface area contributed by atoms with Crippen molar-refractivity contribution < 1.29 is 0 Å². The van der Waals surface area contributed by atoms with Gasteiger partial charge >= 0.3 is 0 Å². The van der Waals surface area contributed by atoms with Gasteiger partial charge in [0.05, 0.1) is 5.52 Å². The molecule has 4 heteroatoms. The molecule has 24 heavy (non-hydrogen) atoms. The van der Waals surface area contributed by atoms with Gasteiger partial charge in [-0.25, -0.2) is 9.67 Å². The number of nitrogens with zero attached hydrogens (tertiary/aromatic N) is 4. The predicted molar refractivity (Wildman–Crippen MR) is 97.6 cm³/mol. The molecule has 4 aromatic rings. The van der Waals surface area contributed by atoms with Crippen LogP contribution in [0.15, 0.2) is 67.0 Å². The minimum absolute atomic E-state index is 0.808. The van der Waals surface area contributed by atoms with E-state index in [2.05, 4.69) is 53.0 Å². The monoisotopic (exact) mass is 314 g/mol. The molecule has 3 heterocycles. The molecular formula is C20H18N4. The lowest BCUT2D eigenvalue weighted by molar-refractivity contribution is 0.835. The van der Waals surface area contributed by atoms with E-state index in [0.29, 0.717) is 0 Å². The van der Waals surface area contributed by atoms with Crippen LogP contribution in [0, 0.1) is 6.92 Å². The Bertz CT molecular complexity index is 1020. The Morgan fingerprint density at radius 1 is 0.958 bits per heavy atom. The van der Waals surface area contributed by atoms with Crippen molar-refractivity contribution >= 4 is 17.0 Å². The molecule has 0 spiro atoms. The van der Waals surface area contributed by atoms with Crippen LogP contribution in [0.1, 0.15) is 18.2 Å². The standard InChI is InChI=1S/C20H18N4/c1-3-8-16-15(2)24(18-10-5-4-9-17(16)18)20-12-6-11-19(22-20)23-14-7-13-21-23/h3-14H,1-2H3/b8-3-. The van der Waals surface area contributed by atoms with Gasteiger partial charge in [-0.1, -0.05) is 36.4 Å². The van der Waals surface area contributed by atoms with Crippen molar-refractivity contribution in [3.63, 3.8) is 0 Å². The Balaban J connectivity index is 1.98. The molecule has 0 aliphatic carbocycles. The van der Waals surface area contributed by atoms with Crippen LogP contribution < -0.4 is 0 Å². The predicted octanol–water partition coefficient (Wildman–Crippen LogP) is 4.55. The summed E-state index contributed by atoms with van der Waals surface area (Å²) in [7, 11) is 0. The summed E-state index contributed by atoms with van der Waals surface area (Å²) in [5, 5.41) is 5.51. The van der Waals surface area contributed by atoms with Gasteiger partial charge in [-0.05, 0) is 38.1 Å². The molecule has 0 bridgehead atoms. The summed E-state index contributed by atoms with van der Waals surface area (Å²) in [5.74, 6) is 1.70. The molecule has 0 saturated carbocycles. The Morgan fingerprint density at radius 3 is 2.58 bits per heavy atom. The van der Waals surface area contributed by atoms with Gasteiger partial charge in [0.25, 0.3) is 0 Å².